The molecule has 0 aromatic heterocycles. The lowest BCUT2D eigenvalue weighted by molar-refractivity contribution is -0.161. The van der Waals surface area contributed by atoms with Crippen LogP contribution >= 0.6 is 7.82 Å². The van der Waals surface area contributed by atoms with E-state index < -0.39 is 57.8 Å². The lowest BCUT2D eigenvalue weighted by Crippen LogP contribution is -2.30. The highest BCUT2D eigenvalue weighted by Crippen LogP contribution is 2.43. The predicted octanol–water partition coefficient (Wildman–Crippen LogP) is 15.9. The van der Waals surface area contributed by atoms with Crippen LogP contribution in [-0.4, -0.2) is 66.5 Å². The molecule has 0 saturated heterocycles. The van der Waals surface area contributed by atoms with Gasteiger partial charge in [0.2, 0.25) is 0 Å². The Labute approximate surface area is 405 Å². The van der Waals surface area contributed by atoms with Crippen molar-refractivity contribution in [3.05, 3.63) is 0 Å². The molecule has 0 rings (SSSR count). The zero-order valence-electron chi connectivity index (χ0n) is 43.2. The summed E-state index contributed by atoms with van der Waals surface area (Å²) in [5, 5.41) is 9.77. The first kappa shape index (κ1) is 64.5. The third-order valence-corrected chi connectivity index (χ3v) is 13.5. The molecule has 3 atom stereocenters. The number of phosphoric ester groups is 1. The number of unbranched alkanes of at least 4 members (excludes halogenated alkanes) is 36. The number of rotatable bonds is 53. The van der Waals surface area contributed by atoms with Crippen LogP contribution in [0.3, 0.4) is 0 Å². The van der Waals surface area contributed by atoms with Gasteiger partial charge in [0.1, 0.15) is 12.7 Å². The van der Waals surface area contributed by atoms with E-state index in [2.05, 4.69) is 20.8 Å². The van der Waals surface area contributed by atoms with Crippen LogP contribution in [0, 0.1) is 0 Å². The highest BCUT2D eigenvalue weighted by Gasteiger charge is 2.28. The van der Waals surface area contributed by atoms with Crippen molar-refractivity contribution < 1.29 is 52.2 Å². The molecule has 0 aromatic carbocycles. The molecule has 0 aromatic rings. The number of esters is 3. The Morgan fingerprint density at radius 3 is 0.894 bits per heavy atom. The predicted molar refractivity (Wildman–Crippen MR) is 270 cm³/mol. The Hall–Kier alpha value is -1.52. The average Bonchev–Trinajstić information content (AvgIpc) is 3.30. The van der Waals surface area contributed by atoms with Gasteiger partial charge in [0.15, 0.2) is 6.10 Å². The number of ether oxygens (including phenoxy) is 3. The topological polar surface area (TPSA) is 155 Å². The van der Waals surface area contributed by atoms with Gasteiger partial charge in [-0.15, -0.1) is 0 Å². The van der Waals surface area contributed by atoms with Gasteiger partial charge in [-0.1, -0.05) is 252 Å². The molecule has 0 saturated carbocycles. The van der Waals surface area contributed by atoms with Gasteiger partial charge < -0.3 is 24.2 Å². The average molecular weight is 961 g/mol. The van der Waals surface area contributed by atoms with Crippen molar-refractivity contribution in [2.45, 2.75) is 303 Å². The van der Waals surface area contributed by atoms with Crippen LogP contribution < -0.4 is 0 Å². The minimum absolute atomic E-state index is 0.178. The fourth-order valence-corrected chi connectivity index (χ4v) is 9.02. The molecule has 12 heteroatoms. The number of carbonyl (C=O) groups is 3. The zero-order chi connectivity index (χ0) is 48.4. The minimum atomic E-state index is -4.73. The number of aliphatic hydroxyl groups excluding tert-OH is 1. The van der Waals surface area contributed by atoms with Crippen LogP contribution in [0.4, 0.5) is 0 Å². The molecule has 0 aliphatic carbocycles. The normalized spacial score (nSPS) is 13.3. The van der Waals surface area contributed by atoms with Crippen molar-refractivity contribution >= 4 is 25.7 Å². The van der Waals surface area contributed by atoms with Crippen LogP contribution in [0.25, 0.3) is 0 Å². The SMILES string of the molecule is CCCCCCCCCCCCCCCCCC(=O)OC(COC(=O)CCCCCCCCCCCCCCC)COP(=O)(O)OCC(CO)OC(=O)CCCCCCCCCCCCC. The van der Waals surface area contributed by atoms with Crippen LogP contribution in [0.2, 0.25) is 0 Å². The summed E-state index contributed by atoms with van der Waals surface area (Å²) in [6, 6.07) is 0. The molecule has 392 valence electrons. The van der Waals surface area contributed by atoms with Gasteiger partial charge >= 0.3 is 25.7 Å². The standard InChI is InChI=1S/C54H105O11P/c1-4-7-10-13-16-19-22-24-25-27-30-33-36-39-42-45-54(58)65-51(47-61-52(56)43-40-37-34-31-29-26-23-20-17-14-11-8-5-2)49-63-66(59,60)62-48-50(46-55)64-53(57)44-41-38-35-32-28-21-18-15-12-9-6-3/h50-51,55H,4-49H2,1-3H3,(H,59,60). The first-order chi connectivity index (χ1) is 32.2. The molecule has 66 heavy (non-hydrogen) atoms. The first-order valence-electron chi connectivity index (χ1n) is 27.9. The second kappa shape index (κ2) is 49.9. The van der Waals surface area contributed by atoms with E-state index in [1.165, 1.54) is 173 Å². The van der Waals surface area contributed by atoms with Gasteiger partial charge in [-0.3, -0.25) is 23.4 Å². The highest BCUT2D eigenvalue weighted by atomic mass is 31.2. The largest absolute Gasteiger partial charge is 0.472 e. The van der Waals surface area contributed by atoms with Crippen molar-refractivity contribution in [1.82, 2.24) is 0 Å². The van der Waals surface area contributed by atoms with Gasteiger partial charge in [-0.2, -0.15) is 0 Å². The summed E-state index contributed by atoms with van der Waals surface area (Å²) in [4.78, 5) is 48.4. The summed E-state index contributed by atoms with van der Waals surface area (Å²) < 4.78 is 39.4. The van der Waals surface area contributed by atoms with Crippen molar-refractivity contribution in [2.24, 2.45) is 0 Å². The van der Waals surface area contributed by atoms with Crippen molar-refractivity contribution in [3.63, 3.8) is 0 Å². The van der Waals surface area contributed by atoms with Crippen molar-refractivity contribution in [3.8, 4) is 0 Å². The van der Waals surface area contributed by atoms with E-state index in [0.29, 0.717) is 19.3 Å². The summed E-state index contributed by atoms with van der Waals surface area (Å²) in [6.07, 6.45) is 44.9. The fraction of sp³-hybridized carbons (Fsp3) is 0.944. The van der Waals surface area contributed by atoms with E-state index in [0.717, 1.165) is 57.8 Å². The quantitative estimate of drug-likeness (QED) is 0.0259. The van der Waals surface area contributed by atoms with E-state index in [1.807, 2.05) is 0 Å². The summed E-state index contributed by atoms with van der Waals surface area (Å²) in [5.74, 6) is -1.43. The van der Waals surface area contributed by atoms with E-state index in [9.17, 15) is 28.9 Å². The lowest BCUT2D eigenvalue weighted by atomic mass is 10.0. The number of hydrogen-bond acceptors (Lipinski definition) is 10. The third kappa shape index (κ3) is 47.5. The molecular formula is C54H105O11P. The Morgan fingerprint density at radius 2 is 0.606 bits per heavy atom. The molecule has 0 aliphatic rings. The van der Waals surface area contributed by atoms with Crippen LogP contribution in [0.15, 0.2) is 0 Å². The monoisotopic (exact) mass is 961 g/mol. The Balaban J connectivity index is 4.68. The van der Waals surface area contributed by atoms with Gasteiger partial charge in [-0.25, -0.2) is 4.57 Å². The molecule has 0 heterocycles. The van der Waals surface area contributed by atoms with Crippen LogP contribution in [-0.2, 0) is 42.2 Å². The number of carbonyl (C=O) groups excluding carboxylic acids is 3. The van der Waals surface area contributed by atoms with E-state index in [-0.39, 0.29) is 25.9 Å². The number of phosphoric acid groups is 1. The molecule has 0 radical (unpaired) electrons. The van der Waals surface area contributed by atoms with Crippen molar-refractivity contribution in [2.75, 3.05) is 26.4 Å². The van der Waals surface area contributed by atoms with Crippen molar-refractivity contribution in [1.29, 1.82) is 0 Å². The third-order valence-electron chi connectivity index (χ3n) is 12.5. The molecule has 11 nitrogen and oxygen atoms in total. The molecular weight excluding hydrogens is 856 g/mol. The molecule has 0 fully saturated rings. The van der Waals surface area contributed by atoms with E-state index in [4.69, 9.17) is 23.3 Å². The van der Waals surface area contributed by atoms with Gasteiger partial charge in [0, 0.05) is 19.3 Å². The Morgan fingerprint density at radius 1 is 0.364 bits per heavy atom. The second-order valence-electron chi connectivity index (χ2n) is 19.1. The number of aliphatic hydroxyl groups is 1. The maximum Gasteiger partial charge on any atom is 0.472 e. The maximum absolute atomic E-state index is 12.9. The highest BCUT2D eigenvalue weighted by molar-refractivity contribution is 7.47. The van der Waals surface area contributed by atoms with Crippen LogP contribution in [0.5, 0.6) is 0 Å². The Bertz CT molecular complexity index is 1120. The van der Waals surface area contributed by atoms with Crippen LogP contribution in [0.1, 0.15) is 290 Å². The molecule has 2 N–H and O–H groups in total. The Kier molecular flexibility index (Phi) is 48.7. The summed E-state index contributed by atoms with van der Waals surface area (Å²) in [6.45, 7) is 4.69. The molecule has 0 spiro atoms. The zero-order valence-corrected chi connectivity index (χ0v) is 44.1. The van der Waals surface area contributed by atoms with E-state index in [1.54, 1.807) is 0 Å². The summed E-state index contributed by atoms with van der Waals surface area (Å²) >= 11 is 0. The molecule has 0 aliphatic heterocycles. The van der Waals surface area contributed by atoms with E-state index >= 15 is 0 Å². The minimum Gasteiger partial charge on any atom is -0.462 e. The van der Waals surface area contributed by atoms with Gasteiger partial charge in [-0.05, 0) is 19.3 Å². The maximum atomic E-state index is 12.9. The first-order valence-corrected chi connectivity index (χ1v) is 29.4. The smallest absolute Gasteiger partial charge is 0.462 e. The van der Waals surface area contributed by atoms with Gasteiger partial charge in [0.05, 0.1) is 19.8 Å². The van der Waals surface area contributed by atoms with Gasteiger partial charge in [0.25, 0.3) is 0 Å². The molecule has 0 amide bonds. The fourth-order valence-electron chi connectivity index (χ4n) is 8.24. The molecule has 0 bridgehead atoms. The summed E-state index contributed by atoms with van der Waals surface area (Å²) in [7, 11) is -4.73. The molecule has 3 unspecified atom stereocenters. The summed E-state index contributed by atoms with van der Waals surface area (Å²) in [5.41, 5.74) is 0. The lowest BCUT2D eigenvalue weighted by Gasteiger charge is -2.21. The second-order valence-corrected chi connectivity index (χ2v) is 20.6. The number of hydrogen-bond donors (Lipinski definition) is 2.